The molecule has 10 heavy (non-hydrogen) atoms. The van der Waals surface area contributed by atoms with E-state index in [2.05, 4.69) is 33.9 Å². The van der Waals surface area contributed by atoms with Gasteiger partial charge in [0, 0.05) is 0 Å². The fraction of sp³-hybridized carbons (Fsp3) is 0.600. The van der Waals surface area contributed by atoms with E-state index < -0.39 is 0 Å². The highest BCUT2D eigenvalue weighted by molar-refractivity contribution is 5.12. The van der Waals surface area contributed by atoms with Crippen molar-refractivity contribution in [2.75, 3.05) is 0 Å². The first kappa shape index (κ1) is 9.48. The Labute approximate surface area is 64.6 Å². The summed E-state index contributed by atoms with van der Waals surface area (Å²) in [5.74, 6) is 0.546. The Kier molecular flexibility index (Phi) is 4.10. The van der Waals surface area contributed by atoms with Crippen LogP contribution in [0.4, 0.5) is 0 Å². The van der Waals surface area contributed by atoms with Crippen molar-refractivity contribution in [1.29, 1.82) is 0 Å². The van der Waals surface area contributed by atoms with E-state index in [4.69, 9.17) is 0 Å². The summed E-state index contributed by atoms with van der Waals surface area (Å²) >= 11 is 0. The molecule has 0 amide bonds. The lowest BCUT2D eigenvalue weighted by atomic mass is 9.91. The zero-order chi connectivity index (χ0) is 8.15. The van der Waals surface area contributed by atoms with Crippen LogP contribution in [0.25, 0.3) is 0 Å². The van der Waals surface area contributed by atoms with Gasteiger partial charge in [-0.2, -0.15) is 0 Å². The molecule has 0 N–H and O–H groups in total. The second-order valence-electron chi connectivity index (χ2n) is 3.03. The minimum atomic E-state index is 0.546. The zero-order valence-electron chi connectivity index (χ0n) is 7.41. The summed E-state index contributed by atoms with van der Waals surface area (Å²) in [5.41, 5.74) is 2.49. The van der Waals surface area contributed by atoms with Crippen molar-refractivity contribution < 1.29 is 0 Å². The molecule has 0 unspecified atom stereocenters. The maximum Gasteiger partial charge on any atom is -0.000409 e. The molecule has 0 saturated carbocycles. The highest BCUT2D eigenvalue weighted by Gasteiger charge is 2.07. The Morgan fingerprint density at radius 3 is 1.70 bits per heavy atom. The van der Waals surface area contributed by atoms with E-state index in [1.807, 2.05) is 0 Å². The second-order valence-corrected chi connectivity index (χ2v) is 3.03. The van der Waals surface area contributed by atoms with E-state index in [1.165, 1.54) is 24.0 Å². The summed E-state index contributed by atoms with van der Waals surface area (Å²) in [6.07, 6.45) is 2.41. The van der Waals surface area contributed by atoms with Crippen LogP contribution in [-0.4, -0.2) is 0 Å². The number of allylic oxidation sites excluding steroid dienone is 2. The molecule has 0 aromatic rings. The first-order valence-corrected chi connectivity index (χ1v) is 3.90. The van der Waals surface area contributed by atoms with Crippen molar-refractivity contribution in [3.63, 3.8) is 0 Å². The molecular weight excluding hydrogens is 120 g/mol. The molecule has 0 bridgehead atoms. The summed E-state index contributed by atoms with van der Waals surface area (Å²) in [5, 5.41) is 0. The largest absolute Gasteiger partial charge is 0.0995 e. The Morgan fingerprint density at radius 1 is 1.20 bits per heavy atom. The van der Waals surface area contributed by atoms with Gasteiger partial charge in [-0.25, -0.2) is 0 Å². The maximum atomic E-state index is 3.93. The van der Waals surface area contributed by atoms with Crippen LogP contribution >= 0.6 is 0 Å². The van der Waals surface area contributed by atoms with Crippen molar-refractivity contribution in [2.24, 2.45) is 5.92 Å². The topological polar surface area (TPSA) is 0 Å². The van der Waals surface area contributed by atoms with Crippen LogP contribution in [-0.2, 0) is 0 Å². The fourth-order valence-corrected chi connectivity index (χ4v) is 1.20. The zero-order valence-corrected chi connectivity index (χ0v) is 7.41. The van der Waals surface area contributed by atoms with Crippen molar-refractivity contribution in [3.8, 4) is 0 Å². The lowest BCUT2D eigenvalue weighted by Crippen LogP contribution is -2.01. The highest BCUT2D eigenvalue weighted by atomic mass is 14.1. The molecule has 0 nitrogen and oxygen atoms in total. The molecule has 0 heterocycles. The summed E-state index contributed by atoms with van der Waals surface area (Å²) in [4.78, 5) is 0. The normalized spacial score (nSPS) is 10.0. The molecule has 0 heteroatoms. The van der Waals surface area contributed by atoms with Gasteiger partial charge in [-0.05, 0) is 26.2 Å². The van der Waals surface area contributed by atoms with Gasteiger partial charge >= 0.3 is 0 Å². The summed E-state index contributed by atoms with van der Waals surface area (Å²) in [7, 11) is 0. The molecule has 0 aliphatic carbocycles. The molecule has 0 rings (SSSR count). The van der Waals surface area contributed by atoms with Crippen LogP contribution < -0.4 is 0 Å². The van der Waals surface area contributed by atoms with Gasteiger partial charge in [-0.3, -0.25) is 0 Å². The molecule has 0 radical (unpaired) electrons. The highest BCUT2D eigenvalue weighted by Crippen LogP contribution is 2.21. The van der Waals surface area contributed by atoms with Crippen LogP contribution in [0.1, 0.15) is 33.6 Å². The standard InChI is InChI=1S/C10H18/c1-6-7-10(8(2)3)9(4)5/h10H,2,4,6-7H2,1,3,5H3. The SMILES string of the molecule is C=C(C)C(CCC)C(=C)C. The van der Waals surface area contributed by atoms with Gasteiger partial charge in [0.2, 0.25) is 0 Å². The van der Waals surface area contributed by atoms with Crippen LogP contribution in [0, 0.1) is 5.92 Å². The first-order chi connectivity index (χ1) is 4.59. The molecule has 0 aromatic carbocycles. The van der Waals surface area contributed by atoms with Gasteiger partial charge in [0.15, 0.2) is 0 Å². The first-order valence-electron chi connectivity index (χ1n) is 3.90. The number of hydrogen-bond donors (Lipinski definition) is 0. The third-order valence-corrected chi connectivity index (χ3v) is 1.77. The minimum absolute atomic E-state index is 0.546. The molecule has 0 spiro atoms. The van der Waals surface area contributed by atoms with Gasteiger partial charge < -0.3 is 0 Å². The van der Waals surface area contributed by atoms with Crippen molar-refractivity contribution in [2.45, 2.75) is 33.6 Å². The molecule has 0 atom stereocenters. The van der Waals surface area contributed by atoms with Crippen molar-refractivity contribution in [1.82, 2.24) is 0 Å². The van der Waals surface area contributed by atoms with E-state index >= 15 is 0 Å². The molecular formula is C10H18. The van der Waals surface area contributed by atoms with E-state index in [-0.39, 0.29) is 0 Å². The third-order valence-electron chi connectivity index (χ3n) is 1.77. The average molecular weight is 138 g/mol. The lowest BCUT2D eigenvalue weighted by Gasteiger charge is -2.15. The van der Waals surface area contributed by atoms with E-state index in [1.54, 1.807) is 0 Å². The Balaban J connectivity index is 3.98. The fourth-order valence-electron chi connectivity index (χ4n) is 1.20. The van der Waals surface area contributed by atoms with Crippen LogP contribution in [0.15, 0.2) is 24.3 Å². The smallest absolute Gasteiger partial charge is 0.000409 e. The second kappa shape index (κ2) is 4.32. The lowest BCUT2D eigenvalue weighted by molar-refractivity contribution is 0.630. The minimum Gasteiger partial charge on any atom is -0.0995 e. The van der Waals surface area contributed by atoms with Gasteiger partial charge in [0.1, 0.15) is 0 Å². The molecule has 0 fully saturated rings. The van der Waals surface area contributed by atoms with E-state index in [0.717, 1.165) is 0 Å². The Hall–Kier alpha value is -0.520. The monoisotopic (exact) mass is 138 g/mol. The summed E-state index contributed by atoms with van der Waals surface area (Å²) < 4.78 is 0. The van der Waals surface area contributed by atoms with E-state index in [9.17, 15) is 0 Å². The Morgan fingerprint density at radius 2 is 1.60 bits per heavy atom. The van der Waals surface area contributed by atoms with Gasteiger partial charge in [0.05, 0.1) is 0 Å². The number of hydrogen-bond acceptors (Lipinski definition) is 0. The molecule has 58 valence electrons. The van der Waals surface area contributed by atoms with Gasteiger partial charge in [-0.15, -0.1) is 0 Å². The van der Waals surface area contributed by atoms with Crippen LogP contribution in [0.2, 0.25) is 0 Å². The third kappa shape index (κ3) is 2.86. The van der Waals surface area contributed by atoms with Crippen LogP contribution in [0.3, 0.4) is 0 Å². The molecule has 0 saturated heterocycles. The van der Waals surface area contributed by atoms with Crippen molar-refractivity contribution in [3.05, 3.63) is 24.3 Å². The van der Waals surface area contributed by atoms with Gasteiger partial charge in [0.25, 0.3) is 0 Å². The summed E-state index contributed by atoms with van der Waals surface area (Å²) in [6, 6.07) is 0. The van der Waals surface area contributed by atoms with Gasteiger partial charge in [-0.1, -0.05) is 37.6 Å². The average Bonchev–Trinajstić information content (AvgIpc) is 1.81. The Bertz CT molecular complexity index is 117. The predicted octanol–water partition coefficient (Wildman–Crippen LogP) is 3.55. The van der Waals surface area contributed by atoms with E-state index in [0.29, 0.717) is 5.92 Å². The van der Waals surface area contributed by atoms with Crippen molar-refractivity contribution >= 4 is 0 Å². The summed E-state index contributed by atoms with van der Waals surface area (Å²) in [6.45, 7) is 14.2. The van der Waals surface area contributed by atoms with Crippen LogP contribution in [0.5, 0.6) is 0 Å². The molecule has 0 aliphatic rings. The number of rotatable bonds is 4. The quantitative estimate of drug-likeness (QED) is 0.521. The maximum absolute atomic E-state index is 3.93. The predicted molar refractivity (Wildman–Crippen MR) is 48.0 cm³/mol. The molecule has 0 aliphatic heterocycles. The molecule has 0 aromatic heterocycles.